The predicted molar refractivity (Wildman–Crippen MR) is 117 cm³/mol. The Hall–Kier alpha value is -3.58. The molecule has 2 aromatic heterocycles. The number of carbonyl (C=O) groups excluding carboxylic acids is 1. The van der Waals surface area contributed by atoms with Gasteiger partial charge in [0.25, 0.3) is 5.91 Å². The van der Waals surface area contributed by atoms with Crippen LogP contribution in [0.2, 0.25) is 0 Å². The molecular formula is C22H19N5OS. The Bertz CT molecular complexity index is 1140. The average Bonchev–Trinajstić information content (AvgIpc) is 3.16. The van der Waals surface area contributed by atoms with Gasteiger partial charge in [-0.1, -0.05) is 36.4 Å². The second kappa shape index (κ2) is 8.20. The molecule has 4 aromatic rings. The Labute approximate surface area is 172 Å². The van der Waals surface area contributed by atoms with Crippen LogP contribution in [-0.4, -0.2) is 20.9 Å². The maximum atomic E-state index is 12.7. The summed E-state index contributed by atoms with van der Waals surface area (Å²) in [6.45, 7) is 3.84. The number of hydrogen-bond acceptors (Lipinski definition) is 6. The molecule has 0 spiro atoms. The second-order valence-electron chi connectivity index (χ2n) is 6.54. The number of aromatic nitrogens is 3. The highest BCUT2D eigenvalue weighted by molar-refractivity contribution is 7.14. The summed E-state index contributed by atoms with van der Waals surface area (Å²) in [4.78, 5) is 25.9. The van der Waals surface area contributed by atoms with E-state index < -0.39 is 0 Å². The summed E-state index contributed by atoms with van der Waals surface area (Å²) in [6, 6.07) is 19.0. The van der Waals surface area contributed by atoms with Crippen LogP contribution < -0.4 is 10.6 Å². The molecule has 29 heavy (non-hydrogen) atoms. The molecule has 0 atom stereocenters. The van der Waals surface area contributed by atoms with Gasteiger partial charge in [0, 0.05) is 33.6 Å². The quantitative estimate of drug-likeness (QED) is 0.480. The lowest BCUT2D eigenvalue weighted by Crippen LogP contribution is -2.12. The maximum Gasteiger partial charge on any atom is 0.257 e. The van der Waals surface area contributed by atoms with Crippen LogP contribution in [0.4, 0.5) is 16.8 Å². The van der Waals surface area contributed by atoms with Gasteiger partial charge in [-0.3, -0.25) is 10.1 Å². The summed E-state index contributed by atoms with van der Waals surface area (Å²) in [5, 5.41) is 8.51. The van der Waals surface area contributed by atoms with Crippen LogP contribution in [0.25, 0.3) is 11.3 Å². The van der Waals surface area contributed by atoms with Crippen LogP contribution in [-0.2, 0) is 0 Å². The zero-order valence-electron chi connectivity index (χ0n) is 16.0. The number of thiazole rings is 1. The van der Waals surface area contributed by atoms with Crippen LogP contribution in [0, 0.1) is 13.8 Å². The van der Waals surface area contributed by atoms with Gasteiger partial charge in [0.1, 0.15) is 0 Å². The van der Waals surface area contributed by atoms with Gasteiger partial charge in [0.05, 0.1) is 5.69 Å². The van der Waals surface area contributed by atoms with E-state index >= 15 is 0 Å². The lowest BCUT2D eigenvalue weighted by Gasteiger charge is -2.08. The molecule has 6 nitrogen and oxygen atoms in total. The Kier molecular flexibility index (Phi) is 5.31. The van der Waals surface area contributed by atoms with Crippen molar-refractivity contribution in [2.24, 2.45) is 0 Å². The highest BCUT2D eigenvalue weighted by atomic mass is 32.1. The molecule has 0 aliphatic rings. The molecule has 0 unspecified atom stereocenters. The van der Waals surface area contributed by atoms with E-state index in [1.165, 1.54) is 11.3 Å². The first-order valence-corrected chi connectivity index (χ1v) is 9.96. The molecule has 2 aromatic carbocycles. The third-order valence-corrected chi connectivity index (χ3v) is 4.92. The highest BCUT2D eigenvalue weighted by Gasteiger charge is 2.11. The van der Waals surface area contributed by atoms with Crippen LogP contribution in [0.3, 0.4) is 0 Å². The molecule has 1 amide bonds. The standard InChI is InChI=1S/C22H19N5OS/c1-14-11-15(2)24-21(23-14)25-18-10-6-9-17(12-18)20(28)27-22-26-19(13-29-22)16-7-4-3-5-8-16/h3-13H,1-2H3,(H,23,24,25)(H,26,27,28). The topological polar surface area (TPSA) is 79.8 Å². The van der Waals surface area contributed by atoms with Crippen LogP contribution in [0.15, 0.2) is 66.0 Å². The number of amides is 1. The Balaban J connectivity index is 1.48. The first-order valence-electron chi connectivity index (χ1n) is 9.08. The lowest BCUT2D eigenvalue weighted by atomic mass is 10.2. The van der Waals surface area contributed by atoms with Crippen molar-refractivity contribution in [2.45, 2.75) is 13.8 Å². The van der Waals surface area contributed by atoms with Crippen LogP contribution in [0.1, 0.15) is 21.7 Å². The smallest absolute Gasteiger partial charge is 0.257 e. The summed E-state index contributed by atoms with van der Waals surface area (Å²) in [6.07, 6.45) is 0. The Morgan fingerprint density at radius 3 is 2.41 bits per heavy atom. The summed E-state index contributed by atoms with van der Waals surface area (Å²) in [5.74, 6) is 0.288. The van der Waals surface area contributed by atoms with E-state index in [4.69, 9.17) is 0 Å². The SMILES string of the molecule is Cc1cc(C)nc(Nc2cccc(C(=O)Nc3nc(-c4ccccc4)cs3)c2)n1. The van der Waals surface area contributed by atoms with Crippen molar-refractivity contribution in [1.29, 1.82) is 0 Å². The van der Waals surface area contributed by atoms with Crippen LogP contribution >= 0.6 is 11.3 Å². The van der Waals surface area contributed by atoms with Gasteiger partial charge in [-0.15, -0.1) is 11.3 Å². The Morgan fingerprint density at radius 1 is 0.897 bits per heavy atom. The number of nitrogens with one attached hydrogen (secondary N) is 2. The molecule has 0 radical (unpaired) electrons. The molecule has 0 saturated heterocycles. The van der Waals surface area contributed by atoms with Gasteiger partial charge in [-0.25, -0.2) is 15.0 Å². The largest absolute Gasteiger partial charge is 0.324 e. The van der Waals surface area contributed by atoms with E-state index in [0.29, 0.717) is 16.6 Å². The molecule has 0 saturated carbocycles. The number of hydrogen-bond donors (Lipinski definition) is 2. The number of rotatable bonds is 5. The van der Waals surface area contributed by atoms with E-state index in [-0.39, 0.29) is 5.91 Å². The first-order chi connectivity index (χ1) is 14.1. The lowest BCUT2D eigenvalue weighted by molar-refractivity contribution is 0.102. The molecular weight excluding hydrogens is 382 g/mol. The number of carbonyl (C=O) groups is 1. The monoisotopic (exact) mass is 401 g/mol. The van der Waals surface area contributed by atoms with Gasteiger partial charge in [0.15, 0.2) is 5.13 Å². The predicted octanol–water partition coefficient (Wildman–Crippen LogP) is 5.21. The van der Waals surface area contributed by atoms with E-state index in [0.717, 1.165) is 28.3 Å². The zero-order valence-corrected chi connectivity index (χ0v) is 16.8. The Morgan fingerprint density at radius 2 is 1.66 bits per heavy atom. The molecule has 4 rings (SSSR count). The average molecular weight is 401 g/mol. The van der Waals surface area contributed by atoms with Gasteiger partial charge in [-0.05, 0) is 38.1 Å². The molecule has 2 N–H and O–H groups in total. The minimum atomic E-state index is -0.219. The van der Waals surface area contributed by atoms with E-state index in [1.54, 1.807) is 12.1 Å². The number of benzene rings is 2. The summed E-state index contributed by atoms with van der Waals surface area (Å²) < 4.78 is 0. The molecule has 144 valence electrons. The third-order valence-electron chi connectivity index (χ3n) is 4.16. The van der Waals surface area contributed by atoms with E-state index in [9.17, 15) is 4.79 Å². The van der Waals surface area contributed by atoms with E-state index in [2.05, 4.69) is 25.6 Å². The van der Waals surface area contributed by atoms with Crippen molar-refractivity contribution < 1.29 is 4.79 Å². The highest BCUT2D eigenvalue weighted by Crippen LogP contribution is 2.25. The molecule has 2 heterocycles. The zero-order chi connectivity index (χ0) is 20.2. The van der Waals surface area contributed by atoms with Crippen molar-refractivity contribution in [1.82, 2.24) is 15.0 Å². The molecule has 0 bridgehead atoms. The fourth-order valence-electron chi connectivity index (χ4n) is 2.89. The van der Waals surface area contributed by atoms with Gasteiger partial charge < -0.3 is 5.32 Å². The van der Waals surface area contributed by atoms with Gasteiger partial charge >= 0.3 is 0 Å². The summed E-state index contributed by atoms with van der Waals surface area (Å²) in [7, 11) is 0. The summed E-state index contributed by atoms with van der Waals surface area (Å²) in [5.41, 5.74) is 4.89. The molecule has 0 aliphatic carbocycles. The van der Waals surface area contributed by atoms with Gasteiger partial charge in [-0.2, -0.15) is 0 Å². The number of anilines is 3. The van der Waals surface area contributed by atoms with Crippen LogP contribution in [0.5, 0.6) is 0 Å². The minimum Gasteiger partial charge on any atom is -0.324 e. The van der Waals surface area contributed by atoms with Crippen molar-refractivity contribution >= 4 is 34.0 Å². The fourth-order valence-corrected chi connectivity index (χ4v) is 3.61. The molecule has 7 heteroatoms. The van der Waals surface area contributed by atoms with Crippen molar-refractivity contribution in [3.8, 4) is 11.3 Å². The third kappa shape index (κ3) is 4.64. The number of aryl methyl sites for hydroxylation is 2. The van der Waals surface area contributed by atoms with Gasteiger partial charge in [0.2, 0.25) is 5.95 Å². The summed E-state index contributed by atoms with van der Waals surface area (Å²) >= 11 is 1.40. The molecule has 0 aliphatic heterocycles. The van der Waals surface area contributed by atoms with Crippen molar-refractivity contribution in [2.75, 3.05) is 10.6 Å². The fraction of sp³-hybridized carbons (Fsp3) is 0.0909. The molecule has 0 fully saturated rings. The first kappa shape index (κ1) is 18.8. The maximum absolute atomic E-state index is 12.7. The second-order valence-corrected chi connectivity index (χ2v) is 7.40. The normalized spacial score (nSPS) is 10.6. The van der Waals surface area contributed by atoms with Crippen molar-refractivity contribution in [3.63, 3.8) is 0 Å². The van der Waals surface area contributed by atoms with Crippen molar-refractivity contribution in [3.05, 3.63) is 83.0 Å². The van der Waals surface area contributed by atoms with E-state index in [1.807, 2.05) is 67.8 Å². The minimum absolute atomic E-state index is 0.219. The number of nitrogens with zero attached hydrogens (tertiary/aromatic N) is 3.